The van der Waals surface area contributed by atoms with Gasteiger partial charge in [-0.05, 0) is 82.5 Å². The number of alkyl halides is 3. The maximum atomic E-state index is 12.9. The first-order valence-corrected chi connectivity index (χ1v) is 11.7. The molecule has 0 aromatic heterocycles. The number of nitrogens with one attached hydrogen (secondary N) is 2. The summed E-state index contributed by atoms with van der Waals surface area (Å²) in [5, 5.41) is 14.9. The quantitative estimate of drug-likeness (QED) is 0.228. The lowest BCUT2D eigenvalue weighted by Gasteiger charge is -2.11. The summed E-state index contributed by atoms with van der Waals surface area (Å²) >= 11 is 9.37. The molecule has 0 fully saturated rings. The Morgan fingerprint density at radius 2 is 1.81 bits per heavy atom. The smallest absolute Gasteiger partial charge is 0.416 e. The van der Waals surface area contributed by atoms with Gasteiger partial charge in [-0.25, -0.2) is 0 Å². The topological polar surface area (TPSA) is 91.2 Å². The van der Waals surface area contributed by atoms with E-state index in [2.05, 4.69) is 26.6 Å². The number of hydrogen-bond acceptors (Lipinski definition) is 4. The molecular formula is C26H18BrClF3N3O3. The van der Waals surface area contributed by atoms with Gasteiger partial charge >= 0.3 is 6.18 Å². The van der Waals surface area contributed by atoms with Crippen LogP contribution in [-0.4, -0.2) is 18.4 Å². The maximum absolute atomic E-state index is 12.9. The minimum atomic E-state index is -4.57. The minimum Gasteiger partial charge on any atom is -0.483 e. The van der Waals surface area contributed by atoms with Crippen LogP contribution in [0, 0.1) is 18.3 Å². The average molecular weight is 593 g/mol. The Labute approximate surface area is 223 Å². The van der Waals surface area contributed by atoms with Crippen LogP contribution in [0.4, 0.5) is 24.5 Å². The number of rotatable bonds is 7. The molecule has 2 amide bonds. The Morgan fingerprint density at radius 1 is 1.08 bits per heavy atom. The van der Waals surface area contributed by atoms with Crippen molar-refractivity contribution in [1.29, 1.82) is 5.26 Å². The van der Waals surface area contributed by atoms with E-state index in [1.807, 2.05) is 6.92 Å². The van der Waals surface area contributed by atoms with Crippen molar-refractivity contribution in [1.82, 2.24) is 0 Å². The van der Waals surface area contributed by atoms with Crippen molar-refractivity contribution >= 4 is 56.8 Å². The summed E-state index contributed by atoms with van der Waals surface area (Å²) in [4.78, 5) is 24.7. The van der Waals surface area contributed by atoms with Crippen LogP contribution >= 0.6 is 27.5 Å². The van der Waals surface area contributed by atoms with Gasteiger partial charge in [0.15, 0.2) is 6.61 Å². The SMILES string of the molecule is Cc1ccc(NC(=O)COc2ccc(/C=C(\C#N)C(=O)Nc3cccc(C(F)(F)F)c3)cc2Br)cc1Cl. The van der Waals surface area contributed by atoms with Crippen molar-refractivity contribution in [3.05, 3.63) is 92.4 Å². The number of nitriles is 1. The number of anilines is 2. The fourth-order valence-electron chi connectivity index (χ4n) is 3.02. The van der Waals surface area contributed by atoms with E-state index in [1.165, 1.54) is 18.2 Å². The van der Waals surface area contributed by atoms with Crippen LogP contribution in [0.5, 0.6) is 5.75 Å². The third-order valence-electron chi connectivity index (χ3n) is 4.89. The lowest BCUT2D eigenvalue weighted by Crippen LogP contribution is -2.20. The summed E-state index contributed by atoms with van der Waals surface area (Å²) < 4.78 is 44.7. The van der Waals surface area contributed by atoms with Crippen molar-refractivity contribution in [3.63, 3.8) is 0 Å². The maximum Gasteiger partial charge on any atom is 0.416 e. The monoisotopic (exact) mass is 591 g/mol. The molecule has 3 aromatic rings. The van der Waals surface area contributed by atoms with E-state index in [4.69, 9.17) is 16.3 Å². The normalized spacial score (nSPS) is 11.4. The van der Waals surface area contributed by atoms with E-state index in [-0.39, 0.29) is 17.9 Å². The van der Waals surface area contributed by atoms with Crippen LogP contribution in [0.3, 0.4) is 0 Å². The second kappa shape index (κ2) is 12.0. The Bertz CT molecular complexity index is 1420. The molecule has 0 bridgehead atoms. The molecule has 190 valence electrons. The van der Waals surface area contributed by atoms with E-state index in [9.17, 15) is 28.0 Å². The molecule has 3 rings (SSSR count). The molecule has 0 aliphatic heterocycles. The summed E-state index contributed by atoms with van der Waals surface area (Å²) in [7, 11) is 0. The molecule has 0 spiro atoms. The fraction of sp³-hybridized carbons (Fsp3) is 0.115. The standard InChI is InChI=1S/C26H18BrClF3N3O3/c1-15-5-7-20(12-22(15)28)33-24(35)14-37-23-8-6-16(10-21(23)27)9-17(13-32)25(36)34-19-4-2-3-18(11-19)26(29,30)31/h2-12H,14H2,1H3,(H,33,35)(H,34,36)/b17-9+. The molecular weight excluding hydrogens is 575 g/mol. The molecule has 0 heterocycles. The van der Waals surface area contributed by atoms with Crippen LogP contribution in [0.1, 0.15) is 16.7 Å². The molecule has 37 heavy (non-hydrogen) atoms. The first-order valence-electron chi connectivity index (χ1n) is 10.5. The number of ether oxygens (including phenoxy) is 1. The highest BCUT2D eigenvalue weighted by Gasteiger charge is 2.30. The van der Waals surface area contributed by atoms with Gasteiger partial charge in [-0.1, -0.05) is 29.8 Å². The second-order valence-corrected chi connectivity index (χ2v) is 8.95. The van der Waals surface area contributed by atoms with Gasteiger partial charge < -0.3 is 15.4 Å². The Kier molecular flexibility index (Phi) is 8.97. The zero-order valence-electron chi connectivity index (χ0n) is 19.1. The van der Waals surface area contributed by atoms with Crippen LogP contribution < -0.4 is 15.4 Å². The largest absolute Gasteiger partial charge is 0.483 e. The first-order chi connectivity index (χ1) is 17.5. The molecule has 0 radical (unpaired) electrons. The number of aryl methyl sites for hydroxylation is 1. The van der Waals surface area contributed by atoms with E-state index >= 15 is 0 Å². The number of benzene rings is 3. The van der Waals surface area contributed by atoms with E-state index in [0.29, 0.717) is 26.5 Å². The Hall–Kier alpha value is -3.81. The van der Waals surface area contributed by atoms with E-state index < -0.39 is 23.6 Å². The highest BCUT2D eigenvalue weighted by Crippen LogP contribution is 2.31. The third-order valence-corrected chi connectivity index (χ3v) is 5.92. The zero-order chi connectivity index (χ0) is 27.2. The average Bonchev–Trinajstić information content (AvgIpc) is 2.84. The van der Waals surface area contributed by atoms with E-state index in [1.54, 1.807) is 36.4 Å². The molecule has 6 nitrogen and oxygen atoms in total. The van der Waals surface area contributed by atoms with Gasteiger partial charge in [0.25, 0.3) is 11.8 Å². The van der Waals surface area contributed by atoms with Crippen LogP contribution in [0.25, 0.3) is 6.08 Å². The van der Waals surface area contributed by atoms with Crippen molar-refractivity contribution in [2.45, 2.75) is 13.1 Å². The highest BCUT2D eigenvalue weighted by molar-refractivity contribution is 9.10. The van der Waals surface area contributed by atoms with Gasteiger partial charge in [-0.3, -0.25) is 9.59 Å². The molecule has 2 N–H and O–H groups in total. The predicted molar refractivity (Wildman–Crippen MR) is 138 cm³/mol. The van der Waals surface area contributed by atoms with Crippen molar-refractivity contribution in [3.8, 4) is 11.8 Å². The van der Waals surface area contributed by atoms with Gasteiger partial charge in [-0.2, -0.15) is 18.4 Å². The van der Waals surface area contributed by atoms with Crippen molar-refractivity contribution in [2.75, 3.05) is 17.2 Å². The molecule has 0 saturated carbocycles. The predicted octanol–water partition coefficient (Wildman–Crippen LogP) is 6.99. The number of amides is 2. The number of nitrogens with zero attached hydrogens (tertiary/aromatic N) is 1. The van der Waals surface area contributed by atoms with E-state index in [0.717, 1.165) is 23.8 Å². The molecule has 0 aliphatic carbocycles. The van der Waals surface area contributed by atoms with Crippen molar-refractivity contribution < 1.29 is 27.5 Å². The highest BCUT2D eigenvalue weighted by atomic mass is 79.9. The number of halogens is 5. The third kappa shape index (κ3) is 7.84. The Balaban J connectivity index is 1.65. The first kappa shape index (κ1) is 27.8. The number of carbonyl (C=O) groups is 2. The van der Waals surface area contributed by atoms with Crippen LogP contribution in [-0.2, 0) is 15.8 Å². The van der Waals surface area contributed by atoms with Gasteiger partial charge in [0.1, 0.15) is 17.4 Å². The lowest BCUT2D eigenvalue weighted by molar-refractivity contribution is -0.137. The summed E-state index contributed by atoms with van der Waals surface area (Å²) in [6.07, 6.45) is -3.30. The molecule has 0 saturated heterocycles. The second-order valence-electron chi connectivity index (χ2n) is 7.69. The summed E-state index contributed by atoms with van der Waals surface area (Å²) in [5.41, 5.74) is 0.487. The molecule has 11 heteroatoms. The van der Waals surface area contributed by atoms with Crippen LogP contribution in [0.15, 0.2) is 70.7 Å². The molecule has 0 unspecified atom stereocenters. The number of hydrogen-bond donors (Lipinski definition) is 2. The summed E-state index contributed by atoms with van der Waals surface area (Å²) in [6.45, 7) is 1.55. The zero-order valence-corrected chi connectivity index (χ0v) is 21.5. The van der Waals surface area contributed by atoms with Gasteiger partial charge in [-0.15, -0.1) is 0 Å². The Morgan fingerprint density at radius 3 is 2.46 bits per heavy atom. The summed E-state index contributed by atoms with van der Waals surface area (Å²) in [6, 6.07) is 15.6. The molecule has 0 atom stereocenters. The fourth-order valence-corrected chi connectivity index (χ4v) is 3.71. The molecule has 3 aromatic carbocycles. The van der Waals surface area contributed by atoms with Crippen LogP contribution in [0.2, 0.25) is 5.02 Å². The van der Waals surface area contributed by atoms with Gasteiger partial charge in [0.05, 0.1) is 10.0 Å². The minimum absolute atomic E-state index is 0.0999. The lowest BCUT2D eigenvalue weighted by atomic mass is 10.1. The van der Waals surface area contributed by atoms with Gasteiger partial charge in [0.2, 0.25) is 0 Å². The van der Waals surface area contributed by atoms with Crippen molar-refractivity contribution in [2.24, 2.45) is 0 Å². The molecule has 0 aliphatic rings. The summed E-state index contributed by atoms with van der Waals surface area (Å²) in [5.74, 6) is -0.943. The number of carbonyl (C=O) groups excluding carboxylic acids is 2. The van der Waals surface area contributed by atoms with Gasteiger partial charge in [0, 0.05) is 16.4 Å².